The lowest BCUT2D eigenvalue weighted by atomic mass is 9.98. The van der Waals surface area contributed by atoms with E-state index >= 15 is 0 Å². The summed E-state index contributed by atoms with van der Waals surface area (Å²) in [6.45, 7) is 2.82. The van der Waals surface area contributed by atoms with E-state index in [0.29, 0.717) is 25.1 Å². The van der Waals surface area contributed by atoms with Gasteiger partial charge in [0.15, 0.2) is 0 Å². The molecule has 0 aromatic carbocycles. The third kappa shape index (κ3) is 2.66. The number of esters is 1. The van der Waals surface area contributed by atoms with Crippen LogP contribution in [0, 0.1) is 0 Å². The second-order valence-corrected chi connectivity index (χ2v) is 4.90. The van der Waals surface area contributed by atoms with Crippen LogP contribution in [-0.2, 0) is 9.53 Å². The molecule has 1 aromatic rings. The van der Waals surface area contributed by atoms with Gasteiger partial charge in [0.2, 0.25) is 0 Å². The van der Waals surface area contributed by atoms with E-state index in [-0.39, 0.29) is 17.8 Å². The lowest BCUT2D eigenvalue weighted by molar-refractivity contribution is -0.143. The van der Waals surface area contributed by atoms with Gasteiger partial charge in [-0.3, -0.25) is 9.59 Å². The van der Waals surface area contributed by atoms with Crippen LogP contribution >= 0.6 is 11.3 Å². The van der Waals surface area contributed by atoms with Crippen LogP contribution in [0.15, 0.2) is 11.4 Å². The molecule has 2 heterocycles. The molecule has 1 aliphatic heterocycles. The summed E-state index contributed by atoms with van der Waals surface area (Å²) in [7, 11) is 0. The lowest BCUT2D eigenvalue weighted by Crippen LogP contribution is -2.22. The summed E-state index contributed by atoms with van der Waals surface area (Å²) in [6.07, 6.45) is 1.15. The van der Waals surface area contributed by atoms with Gasteiger partial charge in [-0.05, 0) is 24.8 Å². The van der Waals surface area contributed by atoms with Gasteiger partial charge in [0.1, 0.15) is 0 Å². The van der Waals surface area contributed by atoms with Crippen molar-refractivity contribution in [3.8, 4) is 0 Å². The van der Waals surface area contributed by atoms with Crippen molar-refractivity contribution in [2.24, 2.45) is 0 Å². The van der Waals surface area contributed by atoms with Crippen LogP contribution in [-0.4, -0.2) is 25.0 Å². The molecule has 0 radical (unpaired) electrons. The van der Waals surface area contributed by atoms with E-state index in [1.165, 1.54) is 0 Å². The molecule has 92 valence electrons. The zero-order chi connectivity index (χ0) is 12.3. The highest BCUT2D eigenvalue weighted by Gasteiger charge is 2.26. The third-order valence-corrected chi connectivity index (χ3v) is 3.89. The number of carbonyl (C=O) groups excluding carboxylic acids is 2. The SMILES string of the molecule is CCOC(=O)CC1CCNC(=O)c2ccsc21. The Balaban J connectivity index is 2.16. The normalized spacial score (nSPS) is 19.1. The number of amides is 1. The Labute approximate surface area is 104 Å². The Morgan fingerprint density at radius 1 is 1.65 bits per heavy atom. The Bertz CT molecular complexity index is 427. The Hall–Kier alpha value is -1.36. The molecular formula is C12H15NO3S. The number of ether oxygens (including phenoxy) is 1. The molecule has 1 aromatic heterocycles. The maximum atomic E-state index is 11.7. The third-order valence-electron chi connectivity index (χ3n) is 2.81. The predicted molar refractivity (Wildman–Crippen MR) is 65.3 cm³/mol. The first-order valence-corrected chi connectivity index (χ1v) is 6.61. The minimum absolute atomic E-state index is 0.0346. The lowest BCUT2D eigenvalue weighted by Gasteiger charge is -2.12. The van der Waals surface area contributed by atoms with Crippen LogP contribution in [0.25, 0.3) is 0 Å². The molecule has 1 unspecified atom stereocenters. The number of rotatable bonds is 3. The van der Waals surface area contributed by atoms with Crippen molar-refractivity contribution >= 4 is 23.2 Å². The number of thiophene rings is 1. The van der Waals surface area contributed by atoms with Gasteiger partial charge in [-0.15, -0.1) is 11.3 Å². The highest BCUT2D eigenvalue weighted by Crippen LogP contribution is 2.33. The molecule has 0 fully saturated rings. The zero-order valence-electron chi connectivity index (χ0n) is 9.69. The van der Waals surface area contributed by atoms with Crippen molar-refractivity contribution in [3.63, 3.8) is 0 Å². The molecule has 1 amide bonds. The van der Waals surface area contributed by atoms with Crippen molar-refractivity contribution in [3.05, 3.63) is 21.9 Å². The average Bonchev–Trinajstić information content (AvgIpc) is 2.72. The van der Waals surface area contributed by atoms with Gasteiger partial charge in [0, 0.05) is 17.3 Å². The molecule has 0 aliphatic carbocycles. The van der Waals surface area contributed by atoms with Crippen molar-refractivity contribution < 1.29 is 14.3 Å². The Morgan fingerprint density at radius 3 is 3.24 bits per heavy atom. The second kappa shape index (κ2) is 5.31. The standard InChI is InChI=1S/C12H15NO3S/c1-2-16-10(14)7-8-3-5-13-12(15)9-4-6-17-11(8)9/h4,6,8H,2-3,5,7H2,1H3,(H,13,15). The first-order valence-electron chi connectivity index (χ1n) is 5.73. The van der Waals surface area contributed by atoms with Crippen LogP contribution in [0.1, 0.15) is 40.9 Å². The fraction of sp³-hybridized carbons (Fsp3) is 0.500. The highest BCUT2D eigenvalue weighted by atomic mass is 32.1. The molecule has 1 aliphatic rings. The molecule has 17 heavy (non-hydrogen) atoms. The van der Waals surface area contributed by atoms with Gasteiger partial charge in [-0.1, -0.05) is 0 Å². The van der Waals surface area contributed by atoms with Gasteiger partial charge < -0.3 is 10.1 Å². The minimum Gasteiger partial charge on any atom is -0.466 e. The Kier molecular flexibility index (Phi) is 3.78. The number of nitrogens with one attached hydrogen (secondary N) is 1. The van der Waals surface area contributed by atoms with Gasteiger partial charge in [-0.25, -0.2) is 0 Å². The number of fused-ring (bicyclic) bond motifs is 1. The van der Waals surface area contributed by atoms with E-state index in [1.807, 2.05) is 11.4 Å². The fourth-order valence-corrected chi connectivity index (χ4v) is 3.06. The van der Waals surface area contributed by atoms with Crippen LogP contribution < -0.4 is 5.32 Å². The molecule has 1 N–H and O–H groups in total. The summed E-state index contributed by atoms with van der Waals surface area (Å²) in [5.41, 5.74) is 0.710. The monoisotopic (exact) mass is 253 g/mol. The van der Waals surface area contributed by atoms with Crippen molar-refractivity contribution in [1.29, 1.82) is 0 Å². The highest BCUT2D eigenvalue weighted by molar-refractivity contribution is 7.10. The van der Waals surface area contributed by atoms with Gasteiger partial charge >= 0.3 is 5.97 Å². The maximum absolute atomic E-state index is 11.7. The van der Waals surface area contributed by atoms with Crippen LogP contribution in [0.5, 0.6) is 0 Å². The largest absolute Gasteiger partial charge is 0.466 e. The van der Waals surface area contributed by atoms with Crippen molar-refractivity contribution in [2.75, 3.05) is 13.2 Å². The molecule has 0 saturated carbocycles. The summed E-state index contributed by atoms with van der Waals surface area (Å²) in [4.78, 5) is 24.2. The summed E-state index contributed by atoms with van der Waals surface area (Å²) < 4.78 is 4.96. The van der Waals surface area contributed by atoms with Crippen LogP contribution in [0.4, 0.5) is 0 Å². The van der Waals surface area contributed by atoms with E-state index in [0.717, 1.165) is 11.3 Å². The first kappa shape index (κ1) is 12.1. The summed E-state index contributed by atoms with van der Waals surface area (Å²) in [6, 6.07) is 1.82. The van der Waals surface area contributed by atoms with E-state index in [9.17, 15) is 9.59 Å². The minimum atomic E-state index is -0.189. The van der Waals surface area contributed by atoms with Crippen LogP contribution in [0.2, 0.25) is 0 Å². The van der Waals surface area contributed by atoms with Gasteiger partial charge in [0.05, 0.1) is 18.6 Å². The summed E-state index contributed by atoms with van der Waals surface area (Å²) >= 11 is 1.54. The Morgan fingerprint density at radius 2 is 2.47 bits per heavy atom. The van der Waals surface area contributed by atoms with E-state index in [4.69, 9.17) is 4.74 Å². The van der Waals surface area contributed by atoms with E-state index < -0.39 is 0 Å². The molecule has 4 nitrogen and oxygen atoms in total. The number of hydrogen-bond donors (Lipinski definition) is 1. The molecule has 0 bridgehead atoms. The maximum Gasteiger partial charge on any atom is 0.306 e. The first-order chi connectivity index (χ1) is 8.22. The topological polar surface area (TPSA) is 55.4 Å². The number of carbonyl (C=O) groups is 2. The summed E-state index contributed by atoms with van der Waals surface area (Å²) in [5, 5.41) is 4.73. The molecule has 0 saturated heterocycles. The summed E-state index contributed by atoms with van der Waals surface area (Å²) in [5.74, 6) is -0.123. The molecule has 5 heteroatoms. The van der Waals surface area contributed by atoms with E-state index in [2.05, 4.69) is 5.32 Å². The van der Waals surface area contributed by atoms with Gasteiger partial charge in [-0.2, -0.15) is 0 Å². The smallest absolute Gasteiger partial charge is 0.306 e. The molecule has 0 spiro atoms. The molecule has 1 atom stereocenters. The quantitative estimate of drug-likeness (QED) is 0.837. The number of hydrogen-bond acceptors (Lipinski definition) is 4. The molecule has 2 rings (SSSR count). The average molecular weight is 253 g/mol. The van der Waals surface area contributed by atoms with Crippen LogP contribution in [0.3, 0.4) is 0 Å². The van der Waals surface area contributed by atoms with E-state index in [1.54, 1.807) is 18.3 Å². The van der Waals surface area contributed by atoms with Crippen molar-refractivity contribution in [2.45, 2.75) is 25.7 Å². The molecular weight excluding hydrogens is 238 g/mol. The fourth-order valence-electron chi connectivity index (χ4n) is 2.03. The predicted octanol–water partition coefficient (Wildman–Crippen LogP) is 1.92. The van der Waals surface area contributed by atoms with Gasteiger partial charge in [0.25, 0.3) is 5.91 Å². The van der Waals surface area contributed by atoms with Crippen molar-refractivity contribution in [1.82, 2.24) is 5.32 Å². The zero-order valence-corrected chi connectivity index (χ0v) is 10.5. The second-order valence-electron chi connectivity index (χ2n) is 3.95.